The minimum Gasteiger partial charge on any atom is -0.434 e. The van der Waals surface area contributed by atoms with Gasteiger partial charge in [-0.1, -0.05) is 30.3 Å². The number of para-hydroxylation sites is 2. The van der Waals surface area contributed by atoms with Gasteiger partial charge in [0.15, 0.2) is 0 Å². The molecule has 2 N–H and O–H groups in total. The fraction of sp³-hybridized carbons (Fsp3) is 0.0870. The van der Waals surface area contributed by atoms with Gasteiger partial charge < -0.3 is 20.1 Å². The summed E-state index contributed by atoms with van der Waals surface area (Å²) >= 11 is 0. The molecule has 0 atom stereocenters. The molecule has 152 valence electrons. The van der Waals surface area contributed by atoms with E-state index >= 15 is 0 Å². The lowest BCUT2D eigenvalue weighted by Gasteiger charge is -2.12. The van der Waals surface area contributed by atoms with E-state index in [1.54, 1.807) is 55.5 Å². The second-order valence-electron chi connectivity index (χ2n) is 6.13. The van der Waals surface area contributed by atoms with Gasteiger partial charge in [0.1, 0.15) is 5.75 Å². The number of hydrogen-bond acceptors (Lipinski definition) is 5. The van der Waals surface area contributed by atoms with E-state index in [-0.39, 0.29) is 24.2 Å². The molecule has 0 heterocycles. The highest BCUT2D eigenvalue weighted by molar-refractivity contribution is 6.10. The predicted octanol–water partition coefficient (Wildman–Crippen LogP) is 4.73. The van der Waals surface area contributed by atoms with Crippen molar-refractivity contribution in [2.45, 2.75) is 6.92 Å². The van der Waals surface area contributed by atoms with E-state index in [1.165, 1.54) is 24.3 Å². The van der Waals surface area contributed by atoms with E-state index in [2.05, 4.69) is 10.6 Å². The summed E-state index contributed by atoms with van der Waals surface area (Å²) in [6.45, 7) is 1.88. The first-order valence-electron chi connectivity index (χ1n) is 9.28. The molecule has 2 amide bonds. The Labute approximate surface area is 173 Å². The van der Waals surface area contributed by atoms with Crippen molar-refractivity contribution in [3.8, 4) is 5.75 Å². The van der Waals surface area contributed by atoms with Crippen LogP contribution in [0.3, 0.4) is 0 Å². The molecule has 0 aliphatic heterocycles. The molecular formula is C23H20N2O5. The molecule has 3 rings (SSSR count). The van der Waals surface area contributed by atoms with Gasteiger partial charge in [-0.15, -0.1) is 0 Å². The SMILES string of the molecule is CCOC(=O)Oc1ccc(C(=O)Nc2ccccc2NC(=O)c2ccccc2)cc1. The van der Waals surface area contributed by atoms with E-state index in [0.717, 1.165) is 0 Å². The van der Waals surface area contributed by atoms with Gasteiger partial charge in [0.25, 0.3) is 11.8 Å². The van der Waals surface area contributed by atoms with Crippen molar-refractivity contribution in [3.05, 3.63) is 90.0 Å². The van der Waals surface area contributed by atoms with Crippen molar-refractivity contribution in [1.29, 1.82) is 0 Å². The number of carbonyl (C=O) groups is 3. The number of amides is 2. The van der Waals surface area contributed by atoms with Crippen molar-refractivity contribution >= 4 is 29.3 Å². The van der Waals surface area contributed by atoms with E-state index in [0.29, 0.717) is 22.5 Å². The van der Waals surface area contributed by atoms with Crippen molar-refractivity contribution < 1.29 is 23.9 Å². The molecule has 0 unspecified atom stereocenters. The Balaban J connectivity index is 1.68. The smallest absolute Gasteiger partial charge is 0.434 e. The highest BCUT2D eigenvalue weighted by Gasteiger charge is 2.13. The third kappa shape index (κ3) is 5.45. The summed E-state index contributed by atoms with van der Waals surface area (Å²) in [4.78, 5) is 36.4. The number of anilines is 2. The largest absolute Gasteiger partial charge is 0.513 e. The molecule has 0 aromatic heterocycles. The zero-order valence-electron chi connectivity index (χ0n) is 16.3. The maximum absolute atomic E-state index is 12.6. The number of ether oxygens (including phenoxy) is 2. The molecule has 0 spiro atoms. The quantitative estimate of drug-likeness (QED) is 0.458. The lowest BCUT2D eigenvalue weighted by Crippen LogP contribution is -2.16. The molecule has 7 nitrogen and oxygen atoms in total. The molecule has 7 heteroatoms. The Bertz CT molecular complexity index is 1030. The highest BCUT2D eigenvalue weighted by Crippen LogP contribution is 2.23. The Morgan fingerprint density at radius 1 is 0.700 bits per heavy atom. The zero-order chi connectivity index (χ0) is 21.3. The topological polar surface area (TPSA) is 93.7 Å². The summed E-state index contributed by atoms with van der Waals surface area (Å²) < 4.78 is 9.68. The maximum Gasteiger partial charge on any atom is 0.513 e. The zero-order valence-corrected chi connectivity index (χ0v) is 16.3. The summed E-state index contributed by atoms with van der Waals surface area (Å²) in [6, 6.07) is 21.7. The summed E-state index contributed by atoms with van der Waals surface area (Å²) in [7, 11) is 0. The van der Waals surface area contributed by atoms with Gasteiger partial charge in [0.2, 0.25) is 0 Å². The second kappa shape index (κ2) is 9.88. The highest BCUT2D eigenvalue weighted by atomic mass is 16.7. The van der Waals surface area contributed by atoms with Crippen LogP contribution in [-0.2, 0) is 4.74 Å². The molecule has 0 aliphatic carbocycles. The van der Waals surface area contributed by atoms with E-state index in [4.69, 9.17) is 9.47 Å². The van der Waals surface area contributed by atoms with E-state index < -0.39 is 6.16 Å². The third-order valence-corrected chi connectivity index (χ3v) is 4.04. The summed E-state index contributed by atoms with van der Waals surface area (Å²) in [5.41, 5.74) is 1.80. The monoisotopic (exact) mass is 404 g/mol. The Kier molecular flexibility index (Phi) is 6.78. The van der Waals surface area contributed by atoms with Gasteiger partial charge in [-0.05, 0) is 55.5 Å². The summed E-state index contributed by atoms with van der Waals surface area (Å²) in [5, 5.41) is 5.58. The number of benzene rings is 3. The van der Waals surface area contributed by atoms with Crippen molar-refractivity contribution in [1.82, 2.24) is 0 Å². The van der Waals surface area contributed by atoms with Crippen LogP contribution in [0, 0.1) is 0 Å². The molecule has 3 aromatic rings. The fourth-order valence-corrected chi connectivity index (χ4v) is 2.60. The van der Waals surface area contributed by atoms with Gasteiger partial charge in [-0.3, -0.25) is 9.59 Å². The van der Waals surface area contributed by atoms with Crippen LogP contribution in [0.4, 0.5) is 16.2 Å². The third-order valence-electron chi connectivity index (χ3n) is 4.04. The molecule has 0 aliphatic rings. The molecule has 30 heavy (non-hydrogen) atoms. The molecule has 0 saturated heterocycles. The van der Waals surface area contributed by atoms with Crippen LogP contribution in [-0.4, -0.2) is 24.6 Å². The predicted molar refractivity (Wildman–Crippen MR) is 113 cm³/mol. The van der Waals surface area contributed by atoms with Crippen molar-refractivity contribution in [2.75, 3.05) is 17.2 Å². The second-order valence-corrected chi connectivity index (χ2v) is 6.13. The number of nitrogens with one attached hydrogen (secondary N) is 2. The number of carbonyl (C=O) groups excluding carboxylic acids is 3. The minimum absolute atomic E-state index is 0.208. The van der Waals surface area contributed by atoms with Gasteiger partial charge in [-0.25, -0.2) is 4.79 Å². The minimum atomic E-state index is -0.808. The average Bonchev–Trinajstić information content (AvgIpc) is 2.76. The summed E-state index contributed by atoms with van der Waals surface area (Å²) in [5.74, 6) is -0.391. The van der Waals surface area contributed by atoms with Crippen LogP contribution in [0.1, 0.15) is 27.6 Å². The number of hydrogen-bond donors (Lipinski definition) is 2. The van der Waals surface area contributed by atoms with Crippen molar-refractivity contribution in [2.24, 2.45) is 0 Å². The van der Waals surface area contributed by atoms with Crippen LogP contribution in [0.15, 0.2) is 78.9 Å². The van der Waals surface area contributed by atoms with Crippen molar-refractivity contribution in [3.63, 3.8) is 0 Å². The summed E-state index contributed by atoms with van der Waals surface area (Å²) in [6.07, 6.45) is -0.808. The maximum atomic E-state index is 12.6. The lowest BCUT2D eigenvalue weighted by atomic mass is 10.1. The first-order chi connectivity index (χ1) is 14.6. The molecule has 0 saturated carbocycles. The van der Waals surface area contributed by atoms with Gasteiger partial charge >= 0.3 is 6.16 Å². The van der Waals surface area contributed by atoms with Crippen LogP contribution in [0.25, 0.3) is 0 Å². The van der Waals surface area contributed by atoms with Crippen LogP contribution in [0.5, 0.6) is 5.75 Å². The van der Waals surface area contributed by atoms with Gasteiger partial charge in [-0.2, -0.15) is 0 Å². The Hall–Kier alpha value is -4.13. The molecular weight excluding hydrogens is 384 g/mol. The Morgan fingerprint density at radius 3 is 1.73 bits per heavy atom. The van der Waals surface area contributed by atoms with E-state index in [9.17, 15) is 14.4 Å². The van der Waals surface area contributed by atoms with Crippen LogP contribution < -0.4 is 15.4 Å². The molecule has 0 radical (unpaired) electrons. The van der Waals surface area contributed by atoms with Gasteiger partial charge in [0, 0.05) is 11.1 Å². The van der Waals surface area contributed by atoms with Crippen LogP contribution in [0.2, 0.25) is 0 Å². The fourth-order valence-electron chi connectivity index (χ4n) is 2.60. The van der Waals surface area contributed by atoms with Gasteiger partial charge in [0.05, 0.1) is 18.0 Å². The first-order valence-corrected chi connectivity index (χ1v) is 9.28. The van der Waals surface area contributed by atoms with E-state index in [1.807, 2.05) is 6.07 Å². The molecule has 0 bridgehead atoms. The first kappa shape index (κ1) is 20.6. The number of rotatable bonds is 6. The normalized spacial score (nSPS) is 10.0. The molecule has 3 aromatic carbocycles. The standard InChI is InChI=1S/C23H20N2O5/c1-2-29-23(28)30-18-14-12-17(13-15-18)22(27)25-20-11-7-6-10-19(20)24-21(26)16-8-4-3-5-9-16/h3-15H,2H2,1H3,(H,24,26)(H,25,27). The lowest BCUT2D eigenvalue weighted by molar-refractivity contribution is 0.101. The average molecular weight is 404 g/mol. The Morgan fingerprint density at radius 2 is 1.20 bits per heavy atom. The van der Waals surface area contributed by atoms with Crippen LogP contribution >= 0.6 is 0 Å². The molecule has 0 fully saturated rings.